The van der Waals surface area contributed by atoms with E-state index in [1.165, 1.54) is 0 Å². The van der Waals surface area contributed by atoms with E-state index in [0.717, 1.165) is 25.7 Å². The molecule has 0 N–H and O–H groups in total. The fraction of sp³-hybridized carbons (Fsp3) is 0.636. The molecule has 0 aromatic heterocycles. The molecule has 1 unspecified atom stereocenters. The average Bonchev–Trinajstić information content (AvgIpc) is 3.38. The summed E-state index contributed by atoms with van der Waals surface area (Å²) in [5.41, 5.74) is 0.503. The number of carbonyl (C=O) groups excluding carboxylic acids is 2. The van der Waals surface area contributed by atoms with Crippen molar-refractivity contribution in [1.29, 1.82) is 0 Å². The van der Waals surface area contributed by atoms with Crippen LogP contribution in [0, 0.1) is 0 Å². The van der Waals surface area contributed by atoms with Crippen LogP contribution in [0.5, 0.6) is 0 Å². The number of benzene rings is 1. The third-order valence-electron chi connectivity index (χ3n) is 6.73. The van der Waals surface area contributed by atoms with E-state index in [2.05, 4.69) is 4.90 Å². The van der Waals surface area contributed by atoms with Crippen molar-refractivity contribution in [2.45, 2.75) is 44.2 Å². The minimum absolute atomic E-state index is 0.0277. The highest BCUT2D eigenvalue weighted by molar-refractivity contribution is 7.91. The van der Waals surface area contributed by atoms with Gasteiger partial charge in [-0.2, -0.15) is 0 Å². The minimum atomic E-state index is -3.05. The van der Waals surface area contributed by atoms with Gasteiger partial charge >= 0.3 is 0 Å². The number of rotatable bonds is 5. The summed E-state index contributed by atoms with van der Waals surface area (Å²) < 4.78 is 24.0. The van der Waals surface area contributed by atoms with E-state index in [1.807, 2.05) is 4.90 Å². The summed E-state index contributed by atoms with van der Waals surface area (Å²) in [5, 5.41) is 0.448. The first-order valence-electron chi connectivity index (χ1n) is 11.1. The van der Waals surface area contributed by atoms with Crippen LogP contribution in [0.1, 0.15) is 42.5 Å². The van der Waals surface area contributed by atoms with E-state index in [4.69, 9.17) is 11.6 Å². The van der Waals surface area contributed by atoms with E-state index in [1.54, 1.807) is 29.2 Å². The van der Waals surface area contributed by atoms with Crippen molar-refractivity contribution in [3.8, 4) is 0 Å². The summed E-state index contributed by atoms with van der Waals surface area (Å²) >= 11 is 6.16. The topological polar surface area (TPSA) is 78.0 Å². The maximum absolute atomic E-state index is 13.3. The van der Waals surface area contributed by atoms with Crippen LogP contribution in [0.3, 0.4) is 0 Å². The van der Waals surface area contributed by atoms with Gasteiger partial charge in [-0.05, 0) is 31.4 Å². The van der Waals surface area contributed by atoms with E-state index in [-0.39, 0.29) is 41.9 Å². The van der Waals surface area contributed by atoms with Crippen LogP contribution in [-0.2, 0) is 14.6 Å². The third kappa shape index (κ3) is 5.23. The Morgan fingerprint density at radius 1 is 1.00 bits per heavy atom. The Bertz CT molecular complexity index is 924. The van der Waals surface area contributed by atoms with Crippen molar-refractivity contribution in [1.82, 2.24) is 14.7 Å². The van der Waals surface area contributed by atoms with Gasteiger partial charge in [-0.1, -0.05) is 36.6 Å². The predicted octanol–water partition coefficient (Wildman–Crippen LogP) is 2.06. The van der Waals surface area contributed by atoms with E-state index in [9.17, 15) is 18.0 Å². The molecular weight excluding hydrogens is 438 g/mol. The summed E-state index contributed by atoms with van der Waals surface area (Å²) in [6.45, 7) is 2.59. The second kappa shape index (κ2) is 9.46. The van der Waals surface area contributed by atoms with Crippen LogP contribution in [0.15, 0.2) is 24.3 Å². The van der Waals surface area contributed by atoms with Crippen LogP contribution in [0.4, 0.5) is 0 Å². The maximum Gasteiger partial charge on any atom is 0.255 e. The molecule has 1 atom stereocenters. The van der Waals surface area contributed by atoms with Crippen molar-refractivity contribution in [2.24, 2.45) is 0 Å². The molecule has 9 heteroatoms. The van der Waals surface area contributed by atoms with Gasteiger partial charge in [0, 0.05) is 38.3 Å². The number of hydrogen-bond acceptors (Lipinski definition) is 5. The molecule has 0 radical (unpaired) electrons. The highest BCUT2D eigenvalue weighted by Crippen LogP contribution is 2.29. The first-order chi connectivity index (χ1) is 14.8. The van der Waals surface area contributed by atoms with E-state index < -0.39 is 9.84 Å². The molecule has 3 aliphatic rings. The number of hydrogen-bond donors (Lipinski definition) is 0. The zero-order valence-electron chi connectivity index (χ0n) is 17.7. The van der Waals surface area contributed by atoms with Crippen molar-refractivity contribution in [3.63, 3.8) is 0 Å². The number of piperazine rings is 1. The zero-order chi connectivity index (χ0) is 22.0. The molecule has 170 valence electrons. The summed E-state index contributed by atoms with van der Waals surface area (Å²) in [4.78, 5) is 31.8. The van der Waals surface area contributed by atoms with Gasteiger partial charge < -0.3 is 9.80 Å². The Morgan fingerprint density at radius 3 is 2.29 bits per heavy atom. The SMILES string of the molecule is O=C(c1ccccc1Cl)N1CCN(CC(=O)N(C2CCCC2)C2CCS(=O)(=O)C2)CC1. The van der Waals surface area contributed by atoms with Crippen LogP contribution < -0.4 is 0 Å². The van der Waals surface area contributed by atoms with Crippen molar-refractivity contribution < 1.29 is 18.0 Å². The van der Waals surface area contributed by atoms with Gasteiger partial charge in [0.15, 0.2) is 9.84 Å². The summed E-state index contributed by atoms with van der Waals surface area (Å²) in [6, 6.07) is 7.02. The normalized spacial score (nSPS) is 24.4. The first-order valence-corrected chi connectivity index (χ1v) is 13.3. The second-order valence-corrected chi connectivity index (χ2v) is 11.5. The van der Waals surface area contributed by atoms with Crippen LogP contribution in [0.2, 0.25) is 5.02 Å². The van der Waals surface area contributed by atoms with Gasteiger partial charge in [-0.3, -0.25) is 14.5 Å². The Balaban J connectivity index is 1.36. The second-order valence-electron chi connectivity index (χ2n) is 8.84. The van der Waals surface area contributed by atoms with Gasteiger partial charge in [-0.15, -0.1) is 0 Å². The van der Waals surface area contributed by atoms with Crippen molar-refractivity contribution >= 4 is 33.3 Å². The molecule has 2 aliphatic heterocycles. The Kier molecular flexibility index (Phi) is 6.89. The average molecular weight is 468 g/mol. The number of halogens is 1. The molecule has 2 saturated heterocycles. The fourth-order valence-corrected chi connectivity index (χ4v) is 7.00. The summed E-state index contributed by atoms with van der Waals surface area (Å²) in [7, 11) is -3.05. The highest BCUT2D eigenvalue weighted by Gasteiger charge is 2.39. The molecule has 1 aromatic carbocycles. The van der Waals surface area contributed by atoms with Gasteiger partial charge in [0.05, 0.1) is 28.6 Å². The molecule has 2 heterocycles. The quantitative estimate of drug-likeness (QED) is 0.662. The molecule has 3 fully saturated rings. The largest absolute Gasteiger partial charge is 0.336 e. The van der Waals surface area contributed by atoms with Crippen molar-refractivity contribution in [3.05, 3.63) is 34.9 Å². The lowest BCUT2D eigenvalue weighted by Gasteiger charge is -2.38. The highest BCUT2D eigenvalue weighted by atomic mass is 35.5. The number of amides is 2. The smallest absolute Gasteiger partial charge is 0.255 e. The lowest BCUT2D eigenvalue weighted by Crippen LogP contribution is -2.54. The molecule has 1 saturated carbocycles. The molecule has 31 heavy (non-hydrogen) atoms. The standard InChI is InChI=1S/C22H30ClN3O4S/c23-20-8-4-3-7-19(20)22(28)25-12-10-24(11-13-25)15-21(27)26(17-5-1-2-6-17)18-9-14-31(29,30)16-18/h3-4,7-8,17-18H,1-2,5-6,9-16H2. The molecule has 0 bridgehead atoms. The van der Waals surface area contributed by atoms with E-state index >= 15 is 0 Å². The van der Waals surface area contributed by atoms with Crippen molar-refractivity contribution in [2.75, 3.05) is 44.2 Å². The molecule has 7 nitrogen and oxygen atoms in total. The van der Waals surface area contributed by atoms with Gasteiger partial charge in [0.2, 0.25) is 5.91 Å². The lowest BCUT2D eigenvalue weighted by atomic mass is 10.1. The third-order valence-corrected chi connectivity index (χ3v) is 8.81. The Morgan fingerprint density at radius 2 is 1.68 bits per heavy atom. The Labute approximate surface area is 189 Å². The Hall–Kier alpha value is -1.64. The number of sulfone groups is 1. The molecule has 4 rings (SSSR count). The molecular formula is C22H30ClN3O4S. The molecule has 2 amide bonds. The van der Waals surface area contributed by atoms with Gasteiger partial charge in [-0.25, -0.2) is 8.42 Å². The minimum Gasteiger partial charge on any atom is -0.336 e. The monoisotopic (exact) mass is 467 g/mol. The predicted molar refractivity (Wildman–Crippen MR) is 120 cm³/mol. The molecule has 0 spiro atoms. The maximum atomic E-state index is 13.3. The van der Waals surface area contributed by atoms with Gasteiger partial charge in [0.25, 0.3) is 5.91 Å². The lowest BCUT2D eigenvalue weighted by molar-refractivity contribution is -0.137. The molecule has 1 aromatic rings. The summed E-state index contributed by atoms with van der Waals surface area (Å²) in [6.07, 6.45) is 4.66. The fourth-order valence-electron chi connectivity index (χ4n) is 5.07. The van der Waals surface area contributed by atoms with E-state index in [0.29, 0.717) is 43.2 Å². The zero-order valence-corrected chi connectivity index (χ0v) is 19.3. The number of nitrogens with zero attached hydrogens (tertiary/aromatic N) is 3. The van der Waals surface area contributed by atoms with Crippen LogP contribution in [0.25, 0.3) is 0 Å². The van der Waals surface area contributed by atoms with Crippen LogP contribution in [-0.4, -0.2) is 91.2 Å². The summed E-state index contributed by atoms with van der Waals surface area (Å²) in [5.74, 6) is 0.215. The van der Waals surface area contributed by atoms with Gasteiger partial charge in [0.1, 0.15) is 0 Å². The number of carbonyl (C=O) groups is 2. The van der Waals surface area contributed by atoms with Crippen LogP contribution >= 0.6 is 11.6 Å². The molecule has 1 aliphatic carbocycles. The first kappa shape index (κ1) is 22.6.